The number of hydrogen-bond donors (Lipinski definition) is 0. The van der Waals surface area contributed by atoms with E-state index in [9.17, 15) is 4.79 Å². The molecule has 0 heterocycles. The van der Waals surface area contributed by atoms with Gasteiger partial charge in [-0.3, -0.25) is 4.79 Å². The molecule has 0 rings (SSSR count). The van der Waals surface area contributed by atoms with Crippen LogP contribution in [0.5, 0.6) is 0 Å². The van der Waals surface area contributed by atoms with Crippen molar-refractivity contribution in [1.29, 1.82) is 0 Å². The Morgan fingerprint density at radius 3 is 1.00 bits per heavy atom. The summed E-state index contributed by atoms with van der Waals surface area (Å²) in [7, 11) is 0. The third-order valence-corrected chi connectivity index (χ3v) is 5.41. The van der Waals surface area contributed by atoms with Gasteiger partial charge in [-0.05, 0) is 0 Å². The van der Waals surface area contributed by atoms with E-state index in [1.165, 1.54) is 0 Å². The van der Waals surface area contributed by atoms with Crippen molar-refractivity contribution in [2.24, 2.45) is 10.8 Å². The van der Waals surface area contributed by atoms with Gasteiger partial charge in [0.25, 0.3) is 0 Å². The van der Waals surface area contributed by atoms with E-state index < -0.39 is 25.3 Å². The molecular weight excluding hydrogens is 290 g/mol. The Balaban J connectivity index is 5.40. The van der Waals surface area contributed by atoms with Crippen molar-refractivity contribution in [3.63, 3.8) is 0 Å². The number of rotatable bonds is 2. The summed E-state index contributed by atoms with van der Waals surface area (Å²) < 4.78 is -3.24. The Kier molecular flexibility index (Phi) is 4.73. The molecule has 0 aliphatic carbocycles. The maximum Gasteiger partial charge on any atom is 0.205 e. The molecule has 0 aliphatic heterocycles. The predicted octanol–water partition coefficient (Wildman–Crippen LogP) is 5.00. The second-order valence-electron chi connectivity index (χ2n) is 5.98. The van der Waals surface area contributed by atoms with E-state index in [0.717, 1.165) is 0 Å². The maximum absolute atomic E-state index is 12.3. The van der Waals surface area contributed by atoms with Crippen molar-refractivity contribution >= 4 is 52.2 Å². The fourth-order valence-electron chi connectivity index (χ4n) is 0.878. The smallest absolute Gasteiger partial charge is 0.205 e. The van der Waals surface area contributed by atoms with Gasteiger partial charge in [0.05, 0.1) is 0 Å². The van der Waals surface area contributed by atoms with E-state index in [0.29, 0.717) is 0 Å². The Bertz CT molecular complexity index is 253. The van der Waals surface area contributed by atoms with Crippen LogP contribution < -0.4 is 0 Å². The minimum Gasteiger partial charge on any atom is -0.293 e. The van der Waals surface area contributed by atoms with Crippen LogP contribution in [0.15, 0.2) is 0 Å². The Labute approximate surface area is 118 Å². The Morgan fingerprint density at radius 1 is 0.688 bits per heavy atom. The summed E-state index contributed by atoms with van der Waals surface area (Å²) in [6.07, 6.45) is 0. The van der Waals surface area contributed by atoms with Crippen LogP contribution >= 0.6 is 46.4 Å². The molecule has 0 unspecified atom stereocenters. The average molecular weight is 308 g/mol. The van der Waals surface area contributed by atoms with Gasteiger partial charge in [-0.2, -0.15) is 0 Å². The fraction of sp³-hybridized carbons (Fsp3) is 0.909. The summed E-state index contributed by atoms with van der Waals surface area (Å²) in [5.41, 5.74) is -1.29. The van der Waals surface area contributed by atoms with Crippen molar-refractivity contribution in [3.05, 3.63) is 0 Å². The molecule has 0 aromatic heterocycles. The molecule has 0 amide bonds. The van der Waals surface area contributed by atoms with Gasteiger partial charge in [-0.25, -0.2) is 0 Å². The van der Waals surface area contributed by atoms with Crippen LogP contribution in [-0.4, -0.2) is 14.4 Å². The topological polar surface area (TPSA) is 17.1 Å². The lowest BCUT2D eigenvalue weighted by Crippen LogP contribution is -2.52. The van der Waals surface area contributed by atoms with Crippen molar-refractivity contribution in [2.75, 3.05) is 0 Å². The van der Waals surface area contributed by atoms with Gasteiger partial charge >= 0.3 is 0 Å². The molecule has 0 aromatic rings. The number of Topliss-reactive ketones (excluding diaryl/α,β-unsaturated/α-hetero) is 1. The summed E-state index contributed by atoms with van der Waals surface area (Å²) in [5.74, 6) is -0.577. The van der Waals surface area contributed by atoms with Crippen LogP contribution in [0.1, 0.15) is 41.5 Å². The van der Waals surface area contributed by atoms with Gasteiger partial charge in [0.15, 0.2) is 8.67 Å². The van der Waals surface area contributed by atoms with Crippen LogP contribution in [-0.2, 0) is 4.79 Å². The quantitative estimate of drug-likeness (QED) is 0.656. The summed E-state index contributed by atoms with van der Waals surface area (Å²) in [5, 5.41) is 0. The average Bonchev–Trinajstić information content (AvgIpc) is 1.98. The SMILES string of the molecule is CC(C)(C)C(Cl)(Cl)C(=O)C(Cl)(Cl)C(C)(C)C. The highest BCUT2D eigenvalue weighted by Crippen LogP contribution is 2.51. The number of halogens is 4. The minimum atomic E-state index is -1.62. The fourth-order valence-corrected chi connectivity index (χ4v) is 1.64. The standard InChI is InChI=1S/C11H18Cl4O/c1-8(2,3)10(12,13)7(16)11(14,15)9(4,5)6/h1-6H3. The lowest BCUT2D eigenvalue weighted by molar-refractivity contribution is -0.124. The summed E-state index contributed by atoms with van der Waals surface area (Å²) in [4.78, 5) is 12.3. The van der Waals surface area contributed by atoms with Crippen molar-refractivity contribution in [1.82, 2.24) is 0 Å². The van der Waals surface area contributed by atoms with Crippen molar-refractivity contribution in [3.8, 4) is 0 Å². The zero-order valence-corrected chi connectivity index (χ0v) is 13.4. The normalized spacial score (nSPS) is 15.1. The molecule has 0 spiro atoms. The summed E-state index contributed by atoms with van der Waals surface area (Å²) >= 11 is 24.4. The highest BCUT2D eigenvalue weighted by atomic mass is 35.5. The molecule has 5 heteroatoms. The minimum absolute atomic E-state index is 0.577. The highest BCUT2D eigenvalue weighted by Gasteiger charge is 2.57. The first kappa shape index (κ1) is 16.8. The second kappa shape index (κ2) is 4.50. The van der Waals surface area contributed by atoms with E-state index in [2.05, 4.69) is 0 Å². The molecule has 0 bridgehead atoms. The molecule has 0 aromatic carbocycles. The summed E-state index contributed by atoms with van der Waals surface area (Å²) in [6.45, 7) is 10.6. The molecule has 0 radical (unpaired) electrons. The first-order valence-corrected chi connectivity index (χ1v) is 6.47. The molecular formula is C11H18Cl4O. The number of carbonyl (C=O) groups excluding carboxylic acids is 1. The monoisotopic (exact) mass is 306 g/mol. The maximum atomic E-state index is 12.3. The molecule has 0 fully saturated rings. The largest absolute Gasteiger partial charge is 0.293 e. The van der Waals surface area contributed by atoms with Gasteiger partial charge in [-0.15, -0.1) is 0 Å². The van der Waals surface area contributed by atoms with Crippen molar-refractivity contribution in [2.45, 2.75) is 50.2 Å². The van der Waals surface area contributed by atoms with E-state index in [-0.39, 0.29) is 0 Å². The van der Waals surface area contributed by atoms with E-state index in [1.54, 1.807) is 41.5 Å². The zero-order valence-electron chi connectivity index (χ0n) is 10.4. The van der Waals surface area contributed by atoms with Crippen molar-refractivity contribution < 1.29 is 4.79 Å². The first-order valence-electron chi connectivity index (χ1n) is 4.96. The number of carbonyl (C=O) groups is 1. The molecule has 0 saturated carbocycles. The van der Waals surface area contributed by atoms with Crippen LogP contribution in [0.2, 0.25) is 0 Å². The van der Waals surface area contributed by atoms with Gasteiger partial charge in [0, 0.05) is 10.8 Å². The first-order chi connectivity index (χ1) is 6.65. The third-order valence-electron chi connectivity index (χ3n) is 2.45. The third kappa shape index (κ3) is 2.98. The molecule has 0 aliphatic rings. The lowest BCUT2D eigenvalue weighted by Gasteiger charge is -2.40. The Hall–Kier alpha value is 0.830. The summed E-state index contributed by atoms with van der Waals surface area (Å²) in [6, 6.07) is 0. The van der Waals surface area contributed by atoms with E-state index in [4.69, 9.17) is 46.4 Å². The van der Waals surface area contributed by atoms with Crippen LogP contribution in [0.25, 0.3) is 0 Å². The zero-order chi connectivity index (χ0) is 13.6. The molecule has 1 nitrogen and oxygen atoms in total. The molecule has 0 N–H and O–H groups in total. The lowest BCUT2D eigenvalue weighted by atomic mass is 9.81. The van der Waals surface area contributed by atoms with Crippen LogP contribution in [0, 0.1) is 10.8 Å². The van der Waals surface area contributed by atoms with Crippen LogP contribution in [0.4, 0.5) is 0 Å². The number of ketones is 1. The van der Waals surface area contributed by atoms with Gasteiger partial charge in [0.2, 0.25) is 5.78 Å². The second-order valence-corrected chi connectivity index (χ2v) is 8.63. The Morgan fingerprint density at radius 2 is 0.875 bits per heavy atom. The molecule has 0 atom stereocenters. The molecule has 0 saturated heterocycles. The van der Waals surface area contributed by atoms with Crippen LogP contribution in [0.3, 0.4) is 0 Å². The van der Waals surface area contributed by atoms with E-state index in [1.807, 2.05) is 0 Å². The molecule has 16 heavy (non-hydrogen) atoms. The number of hydrogen-bond acceptors (Lipinski definition) is 1. The number of alkyl halides is 4. The van der Waals surface area contributed by atoms with Gasteiger partial charge in [0.1, 0.15) is 0 Å². The molecule has 96 valence electrons. The van der Waals surface area contributed by atoms with Gasteiger partial charge < -0.3 is 0 Å². The van der Waals surface area contributed by atoms with E-state index >= 15 is 0 Å². The van der Waals surface area contributed by atoms with Gasteiger partial charge in [-0.1, -0.05) is 87.9 Å². The highest BCUT2D eigenvalue weighted by molar-refractivity contribution is 6.69. The predicted molar refractivity (Wildman–Crippen MR) is 72.8 cm³/mol.